The first-order chi connectivity index (χ1) is 50.0. The van der Waals surface area contributed by atoms with Crippen molar-refractivity contribution in [2.45, 2.75) is 249 Å². The van der Waals surface area contributed by atoms with Gasteiger partial charge in [-0.25, -0.2) is 0 Å². The van der Waals surface area contributed by atoms with Crippen molar-refractivity contribution in [3.8, 4) is 17.2 Å². The molecule has 0 aromatic heterocycles. The number of rotatable bonds is 36. The van der Waals surface area contributed by atoms with Gasteiger partial charge in [0.05, 0.1) is 19.8 Å². The summed E-state index contributed by atoms with van der Waals surface area (Å²) in [6.45, 7) is 63.7. The molecule has 9 atom stereocenters. The molecule has 9 unspecified atom stereocenters. The molecular formula is C100H151BrO4Si2. The zero-order chi connectivity index (χ0) is 79.4. The van der Waals surface area contributed by atoms with Gasteiger partial charge in [-0.3, -0.25) is 0 Å². The van der Waals surface area contributed by atoms with Crippen molar-refractivity contribution in [1.29, 1.82) is 0 Å². The lowest BCUT2D eigenvalue weighted by atomic mass is 9.76. The molecule has 7 aromatic rings. The molecule has 1 N–H and O–H groups in total. The second-order valence-corrected chi connectivity index (χ2v) is 48.9. The molecule has 0 saturated heterocycles. The van der Waals surface area contributed by atoms with E-state index in [9.17, 15) is 5.11 Å². The summed E-state index contributed by atoms with van der Waals surface area (Å²) in [6, 6.07) is 70.1. The Morgan fingerprint density at radius 2 is 0.561 bits per heavy atom. The summed E-state index contributed by atoms with van der Waals surface area (Å²) in [7, 11) is -4.73. The SMILES string of the molecule is C=C[Si](c1ccccc1)(c1ccccc1)c1ccc(OCC(CCC(C)CC(C)(C)C)C(C)CC(C)(C)C)cc1.CC(CCC(COc1ccc(Br)cc1)C(C)CC(C)(C)C)CC(C)(C)C.CC(CCC(COc1ccc([Si](CCO)(c2ccccc2)c2ccccc2)cc1)C(C)CC(C)(C)C)CC(C)(C)C. The zero-order valence-electron chi connectivity index (χ0n) is 72.0. The van der Waals surface area contributed by atoms with Crippen LogP contribution in [0.5, 0.6) is 17.2 Å². The van der Waals surface area contributed by atoms with Crippen LogP contribution in [0.4, 0.5) is 0 Å². The van der Waals surface area contributed by atoms with Gasteiger partial charge in [0.1, 0.15) is 17.2 Å². The monoisotopic (exact) mass is 1550 g/mol. The first-order valence-corrected chi connectivity index (χ1v) is 46.4. The van der Waals surface area contributed by atoms with Crippen molar-refractivity contribution in [2.24, 2.45) is 85.8 Å². The Balaban J connectivity index is 0.000000296. The Morgan fingerprint density at radius 3 is 0.813 bits per heavy atom. The van der Waals surface area contributed by atoms with E-state index in [0.29, 0.717) is 68.0 Å². The van der Waals surface area contributed by atoms with E-state index in [1.807, 2.05) is 12.1 Å². The van der Waals surface area contributed by atoms with Gasteiger partial charge < -0.3 is 19.3 Å². The molecule has 0 saturated carbocycles. The highest BCUT2D eigenvalue weighted by atomic mass is 79.9. The molecule has 0 heterocycles. The van der Waals surface area contributed by atoms with Gasteiger partial charge in [-0.15, -0.1) is 6.58 Å². The molecule has 0 bridgehead atoms. The van der Waals surface area contributed by atoms with Crippen molar-refractivity contribution in [3.63, 3.8) is 0 Å². The van der Waals surface area contributed by atoms with Gasteiger partial charge in [-0.1, -0.05) is 353 Å². The molecule has 0 amide bonds. The number of aliphatic hydroxyl groups is 1. The summed E-state index contributed by atoms with van der Waals surface area (Å²) in [5, 5.41) is 18.3. The molecule has 590 valence electrons. The van der Waals surface area contributed by atoms with E-state index in [0.717, 1.165) is 65.3 Å². The second kappa shape index (κ2) is 42.8. The van der Waals surface area contributed by atoms with E-state index in [4.69, 9.17) is 14.2 Å². The summed E-state index contributed by atoms with van der Waals surface area (Å²) in [6.07, 6.45) is 15.0. The van der Waals surface area contributed by atoms with Crippen molar-refractivity contribution in [3.05, 3.63) is 211 Å². The maximum absolute atomic E-state index is 10.3. The molecule has 0 aliphatic carbocycles. The molecular weight excluding hydrogens is 1400 g/mol. The van der Waals surface area contributed by atoms with E-state index >= 15 is 0 Å². The van der Waals surface area contributed by atoms with E-state index < -0.39 is 16.1 Å². The van der Waals surface area contributed by atoms with Gasteiger partial charge in [0.2, 0.25) is 0 Å². The molecule has 0 radical (unpaired) electrons. The Bertz CT molecular complexity index is 3450. The largest absolute Gasteiger partial charge is 0.493 e. The van der Waals surface area contributed by atoms with Crippen LogP contribution >= 0.6 is 15.9 Å². The number of hydrogen-bond donors (Lipinski definition) is 1. The lowest BCUT2D eigenvalue weighted by Gasteiger charge is -2.33. The van der Waals surface area contributed by atoms with Crippen molar-refractivity contribution >= 4 is 63.2 Å². The minimum atomic E-state index is -2.39. The average molecular weight is 1550 g/mol. The normalized spacial score (nSPS) is 15.2. The predicted molar refractivity (Wildman–Crippen MR) is 478 cm³/mol. The highest BCUT2D eigenvalue weighted by Gasteiger charge is 2.40. The quantitative estimate of drug-likeness (QED) is 0.0314. The highest BCUT2D eigenvalue weighted by Crippen LogP contribution is 2.38. The Kier molecular flexibility index (Phi) is 36.9. The van der Waals surface area contributed by atoms with Gasteiger partial charge in [-0.2, -0.15) is 0 Å². The Labute approximate surface area is 667 Å². The Morgan fingerprint density at radius 1 is 0.327 bits per heavy atom. The van der Waals surface area contributed by atoms with Gasteiger partial charge in [0.25, 0.3) is 0 Å². The topological polar surface area (TPSA) is 47.9 Å². The fraction of sp³-hybridized carbons (Fsp3) is 0.560. The summed E-state index contributed by atoms with van der Waals surface area (Å²) in [5.41, 5.74) is 4.39. The number of aliphatic hydroxyl groups excluding tert-OH is 1. The van der Waals surface area contributed by atoms with E-state index in [2.05, 4.69) is 376 Å². The third-order valence-corrected chi connectivity index (χ3v) is 31.6. The summed E-state index contributed by atoms with van der Waals surface area (Å²) >= 11 is 3.49. The van der Waals surface area contributed by atoms with E-state index in [1.54, 1.807) is 0 Å². The first kappa shape index (κ1) is 92.2. The zero-order valence-corrected chi connectivity index (χ0v) is 75.6. The number of benzene rings is 7. The predicted octanol–water partition coefficient (Wildman–Crippen LogP) is 25.2. The molecule has 107 heavy (non-hydrogen) atoms. The van der Waals surface area contributed by atoms with Gasteiger partial charge in [-0.05, 0) is 229 Å². The molecule has 0 aliphatic heterocycles. The summed E-state index contributed by atoms with van der Waals surface area (Å²) < 4.78 is 20.3. The van der Waals surface area contributed by atoms with Crippen LogP contribution in [0, 0.1) is 85.8 Å². The third kappa shape index (κ3) is 33.2. The van der Waals surface area contributed by atoms with Crippen LogP contribution in [0.15, 0.2) is 211 Å². The lowest BCUT2D eigenvalue weighted by Crippen LogP contribution is -2.67. The first-order valence-electron chi connectivity index (χ1n) is 41.4. The van der Waals surface area contributed by atoms with Gasteiger partial charge >= 0.3 is 0 Å². The maximum Gasteiger partial charge on any atom is 0.171 e. The van der Waals surface area contributed by atoms with Crippen LogP contribution in [0.3, 0.4) is 0 Å². The highest BCUT2D eigenvalue weighted by molar-refractivity contribution is 9.10. The van der Waals surface area contributed by atoms with Crippen LogP contribution in [-0.2, 0) is 0 Å². The molecule has 7 heteroatoms. The molecule has 7 rings (SSSR count). The van der Waals surface area contributed by atoms with Crippen LogP contribution in [0.2, 0.25) is 6.04 Å². The van der Waals surface area contributed by atoms with Crippen molar-refractivity contribution < 1.29 is 19.3 Å². The van der Waals surface area contributed by atoms with Crippen LogP contribution in [0.1, 0.15) is 243 Å². The molecule has 0 aliphatic rings. The van der Waals surface area contributed by atoms with Crippen LogP contribution in [-0.4, -0.2) is 47.7 Å². The number of halogens is 1. The maximum atomic E-state index is 10.3. The fourth-order valence-electron chi connectivity index (χ4n) is 17.5. The smallest absolute Gasteiger partial charge is 0.171 e. The minimum absolute atomic E-state index is 0.162. The second-order valence-electron chi connectivity index (χ2n) is 40.1. The minimum Gasteiger partial charge on any atom is -0.493 e. The summed E-state index contributed by atoms with van der Waals surface area (Å²) in [4.78, 5) is 0. The molecule has 0 fully saturated rings. The van der Waals surface area contributed by atoms with Gasteiger partial charge in [0.15, 0.2) is 16.1 Å². The van der Waals surface area contributed by atoms with Crippen molar-refractivity contribution in [1.82, 2.24) is 0 Å². The van der Waals surface area contributed by atoms with E-state index in [1.165, 1.54) is 108 Å². The molecule has 4 nitrogen and oxygen atoms in total. The lowest BCUT2D eigenvalue weighted by molar-refractivity contribution is 0.147. The fourth-order valence-corrected chi connectivity index (χ4v) is 26.1. The van der Waals surface area contributed by atoms with E-state index in [-0.39, 0.29) is 6.61 Å². The molecule has 0 spiro atoms. The van der Waals surface area contributed by atoms with Crippen molar-refractivity contribution in [2.75, 3.05) is 26.4 Å². The Hall–Kier alpha value is -5.45. The average Bonchev–Trinajstić information content (AvgIpc) is 0.762. The van der Waals surface area contributed by atoms with Crippen LogP contribution < -0.4 is 45.3 Å². The standard InChI is InChI=1S/C38H56O2Si.C38H54OSi.C24H41BrO/c1-30(27-37(3,4)5)19-20-32(31(2)28-38(6,7)8)29-40-33-21-23-36(24-22-33)41(26-25-39,34-15-11-9-12-16-34)35-17-13-10-14-18-35;1-10-40(34-17-13-11-14-18-34,35-19-15-12-16-20-35)36-25-23-33(24-26-36)39-29-32(31(3)28-38(7,8)9)22-21-30(2)27-37(4,5)6;1-18(15-23(3,4)5)9-10-20(19(2)16-24(6,7)8)17-26-22-13-11-21(25)12-14-22/h9-18,21-24,30-32,39H,19-20,25-29H2,1-8H3;10-20,23-26,30-32H,1,21-22,27-29H2,2-9H3;11-14,18-20H,9-10,15-17H2,1-8H3. The van der Waals surface area contributed by atoms with Crippen LogP contribution in [0.25, 0.3) is 0 Å². The summed E-state index contributed by atoms with van der Waals surface area (Å²) in [5.74, 6) is 8.71. The van der Waals surface area contributed by atoms with Gasteiger partial charge in [0, 0.05) is 11.1 Å². The third-order valence-electron chi connectivity index (χ3n) is 21.8. The number of hydrogen-bond acceptors (Lipinski definition) is 4. The number of ether oxygens (including phenoxy) is 3. The molecule has 7 aromatic carbocycles.